The third-order valence-corrected chi connectivity index (χ3v) is 3.74. The monoisotopic (exact) mass is 258 g/mol. The summed E-state index contributed by atoms with van der Waals surface area (Å²) in [5, 5.41) is 20.7. The minimum Gasteiger partial charge on any atom is -0.481 e. The molecular formula is C12H22N2O4. The van der Waals surface area contributed by atoms with E-state index < -0.39 is 5.97 Å². The van der Waals surface area contributed by atoms with E-state index in [1.807, 2.05) is 0 Å². The molecular weight excluding hydrogens is 236 g/mol. The SMILES string of the molecule is CC(CO)N(C)C(=O)NCC1CCCC1C(=O)O. The highest BCUT2D eigenvalue weighted by atomic mass is 16.4. The third kappa shape index (κ3) is 3.60. The van der Waals surface area contributed by atoms with Gasteiger partial charge in [-0.25, -0.2) is 4.79 Å². The Kier molecular flexibility index (Phi) is 5.40. The molecule has 3 unspecified atom stereocenters. The summed E-state index contributed by atoms with van der Waals surface area (Å²) in [7, 11) is 1.61. The molecule has 6 heteroatoms. The first kappa shape index (κ1) is 14.8. The topological polar surface area (TPSA) is 89.9 Å². The van der Waals surface area contributed by atoms with Gasteiger partial charge in [-0.05, 0) is 25.7 Å². The molecule has 0 aromatic carbocycles. The van der Waals surface area contributed by atoms with E-state index in [0.29, 0.717) is 13.0 Å². The summed E-state index contributed by atoms with van der Waals surface area (Å²) in [5.41, 5.74) is 0. The van der Waals surface area contributed by atoms with Gasteiger partial charge in [0.2, 0.25) is 0 Å². The molecule has 3 atom stereocenters. The predicted molar refractivity (Wildman–Crippen MR) is 66.2 cm³/mol. The molecule has 6 nitrogen and oxygen atoms in total. The molecule has 1 fully saturated rings. The van der Waals surface area contributed by atoms with Crippen molar-refractivity contribution >= 4 is 12.0 Å². The third-order valence-electron chi connectivity index (χ3n) is 3.74. The van der Waals surface area contributed by atoms with Crippen LogP contribution < -0.4 is 5.32 Å². The van der Waals surface area contributed by atoms with Crippen molar-refractivity contribution in [3.8, 4) is 0 Å². The summed E-state index contributed by atoms with van der Waals surface area (Å²) in [5.74, 6) is -1.10. The van der Waals surface area contributed by atoms with Gasteiger partial charge in [-0.3, -0.25) is 4.79 Å². The summed E-state index contributed by atoms with van der Waals surface area (Å²) in [6, 6.07) is -0.517. The Morgan fingerprint density at radius 2 is 2.11 bits per heavy atom. The fourth-order valence-corrected chi connectivity index (χ4v) is 2.27. The highest BCUT2D eigenvalue weighted by molar-refractivity contribution is 5.74. The van der Waals surface area contributed by atoms with Crippen molar-refractivity contribution < 1.29 is 19.8 Å². The quantitative estimate of drug-likeness (QED) is 0.670. The lowest BCUT2D eigenvalue weighted by atomic mass is 9.96. The van der Waals surface area contributed by atoms with Crippen LogP contribution in [0.1, 0.15) is 26.2 Å². The van der Waals surface area contributed by atoms with E-state index in [-0.39, 0.29) is 30.5 Å². The Bertz CT molecular complexity index is 308. The second kappa shape index (κ2) is 6.58. The molecule has 18 heavy (non-hydrogen) atoms. The molecule has 0 aromatic rings. The number of hydrogen-bond acceptors (Lipinski definition) is 3. The predicted octanol–water partition coefficient (Wildman–Crippen LogP) is 0.509. The molecule has 0 spiro atoms. The van der Waals surface area contributed by atoms with Gasteiger partial charge in [-0.15, -0.1) is 0 Å². The minimum atomic E-state index is -0.774. The maximum Gasteiger partial charge on any atom is 0.317 e. The van der Waals surface area contributed by atoms with Gasteiger partial charge < -0.3 is 20.4 Å². The summed E-state index contributed by atoms with van der Waals surface area (Å²) in [4.78, 5) is 24.1. The maximum atomic E-state index is 11.7. The number of urea groups is 1. The Labute approximate surface area is 107 Å². The summed E-state index contributed by atoms with van der Waals surface area (Å²) in [6.45, 7) is 2.04. The smallest absolute Gasteiger partial charge is 0.317 e. The van der Waals surface area contributed by atoms with Crippen molar-refractivity contribution in [1.29, 1.82) is 0 Å². The molecule has 2 amide bonds. The van der Waals surface area contributed by atoms with Gasteiger partial charge in [-0.2, -0.15) is 0 Å². The number of amides is 2. The lowest BCUT2D eigenvalue weighted by Gasteiger charge is -2.25. The van der Waals surface area contributed by atoms with Crippen molar-refractivity contribution in [2.24, 2.45) is 11.8 Å². The normalized spacial score (nSPS) is 24.6. The number of nitrogens with one attached hydrogen (secondary N) is 1. The number of hydrogen-bond donors (Lipinski definition) is 3. The first-order valence-corrected chi connectivity index (χ1v) is 6.31. The maximum absolute atomic E-state index is 11.7. The molecule has 0 aliphatic heterocycles. The van der Waals surface area contributed by atoms with Crippen molar-refractivity contribution in [2.45, 2.75) is 32.2 Å². The molecule has 0 heterocycles. The number of aliphatic carboxylic acids is 1. The van der Waals surface area contributed by atoms with Gasteiger partial charge in [0.25, 0.3) is 0 Å². The lowest BCUT2D eigenvalue weighted by molar-refractivity contribution is -0.142. The van der Waals surface area contributed by atoms with Gasteiger partial charge in [0.15, 0.2) is 0 Å². The van der Waals surface area contributed by atoms with Gasteiger partial charge in [0, 0.05) is 13.6 Å². The second-order valence-electron chi connectivity index (χ2n) is 4.96. The Hall–Kier alpha value is -1.30. The molecule has 0 bridgehead atoms. The molecule has 1 aliphatic rings. The number of nitrogens with zero attached hydrogens (tertiary/aromatic N) is 1. The summed E-state index contributed by atoms with van der Waals surface area (Å²) in [6.07, 6.45) is 2.44. The van der Waals surface area contributed by atoms with Crippen LogP contribution in [-0.4, -0.2) is 53.4 Å². The van der Waals surface area contributed by atoms with Crippen LogP contribution in [0.4, 0.5) is 4.79 Å². The van der Waals surface area contributed by atoms with Crippen LogP contribution in [0.25, 0.3) is 0 Å². The molecule has 0 saturated heterocycles. The Morgan fingerprint density at radius 3 is 2.67 bits per heavy atom. The highest BCUT2D eigenvalue weighted by Gasteiger charge is 2.33. The van der Waals surface area contributed by atoms with Crippen molar-refractivity contribution in [3.05, 3.63) is 0 Å². The summed E-state index contributed by atoms with van der Waals surface area (Å²) >= 11 is 0. The second-order valence-corrected chi connectivity index (χ2v) is 4.96. The van der Waals surface area contributed by atoms with Crippen LogP contribution in [0.2, 0.25) is 0 Å². The van der Waals surface area contributed by atoms with Gasteiger partial charge >= 0.3 is 12.0 Å². The van der Waals surface area contributed by atoms with E-state index in [0.717, 1.165) is 12.8 Å². The van der Waals surface area contributed by atoms with Crippen LogP contribution >= 0.6 is 0 Å². The molecule has 0 aromatic heterocycles. The first-order valence-electron chi connectivity index (χ1n) is 6.31. The number of carboxylic acid groups (broad SMARTS) is 1. The standard InChI is InChI=1S/C12H22N2O4/c1-8(7-15)14(2)12(18)13-6-9-4-3-5-10(9)11(16)17/h8-10,15H,3-7H2,1-2H3,(H,13,18)(H,16,17). The number of carbonyl (C=O) groups is 2. The fraction of sp³-hybridized carbons (Fsp3) is 0.833. The molecule has 0 radical (unpaired) electrons. The van der Waals surface area contributed by atoms with Gasteiger partial charge in [-0.1, -0.05) is 6.42 Å². The van der Waals surface area contributed by atoms with Crippen LogP contribution in [0, 0.1) is 11.8 Å². The zero-order valence-electron chi connectivity index (χ0n) is 10.9. The zero-order valence-corrected chi connectivity index (χ0v) is 10.9. The minimum absolute atomic E-state index is 0.0179. The van der Waals surface area contributed by atoms with Crippen molar-refractivity contribution in [3.63, 3.8) is 0 Å². The Morgan fingerprint density at radius 1 is 1.44 bits per heavy atom. The van der Waals surface area contributed by atoms with E-state index in [1.165, 1.54) is 4.90 Å². The lowest BCUT2D eigenvalue weighted by Crippen LogP contribution is -2.45. The average Bonchev–Trinajstić information content (AvgIpc) is 2.82. The molecule has 3 N–H and O–H groups in total. The molecule has 1 rings (SSSR count). The highest BCUT2D eigenvalue weighted by Crippen LogP contribution is 2.31. The van der Waals surface area contributed by atoms with Crippen molar-refractivity contribution in [2.75, 3.05) is 20.2 Å². The number of rotatable bonds is 5. The van der Waals surface area contributed by atoms with E-state index in [2.05, 4.69) is 5.32 Å². The average molecular weight is 258 g/mol. The number of aliphatic hydroxyl groups is 1. The van der Waals surface area contributed by atoms with Gasteiger partial charge in [0.05, 0.1) is 18.6 Å². The fourth-order valence-electron chi connectivity index (χ4n) is 2.27. The van der Waals surface area contributed by atoms with Crippen LogP contribution in [0.5, 0.6) is 0 Å². The van der Waals surface area contributed by atoms with Crippen LogP contribution in [0.3, 0.4) is 0 Å². The number of carboxylic acids is 1. The summed E-state index contributed by atoms with van der Waals surface area (Å²) < 4.78 is 0. The first-order chi connectivity index (χ1) is 8.47. The molecule has 104 valence electrons. The van der Waals surface area contributed by atoms with Gasteiger partial charge in [0.1, 0.15) is 0 Å². The molecule has 1 saturated carbocycles. The molecule has 1 aliphatic carbocycles. The number of aliphatic hydroxyl groups excluding tert-OH is 1. The van der Waals surface area contributed by atoms with E-state index >= 15 is 0 Å². The van der Waals surface area contributed by atoms with E-state index in [4.69, 9.17) is 10.2 Å². The Balaban J connectivity index is 2.40. The largest absolute Gasteiger partial charge is 0.481 e. The zero-order chi connectivity index (χ0) is 13.7. The van der Waals surface area contributed by atoms with E-state index in [9.17, 15) is 9.59 Å². The van der Waals surface area contributed by atoms with E-state index in [1.54, 1.807) is 14.0 Å². The van der Waals surface area contributed by atoms with Crippen molar-refractivity contribution in [1.82, 2.24) is 10.2 Å². The number of carbonyl (C=O) groups excluding carboxylic acids is 1. The van der Waals surface area contributed by atoms with Crippen LogP contribution in [0.15, 0.2) is 0 Å². The number of likely N-dealkylation sites (N-methyl/N-ethyl adjacent to an activating group) is 1. The van der Waals surface area contributed by atoms with Crippen LogP contribution in [-0.2, 0) is 4.79 Å².